The van der Waals surface area contributed by atoms with E-state index in [-0.39, 0.29) is 6.04 Å². The zero-order chi connectivity index (χ0) is 13.2. The Balaban J connectivity index is 1.90. The number of benzene rings is 1. The number of nitrogen functional groups attached to an aromatic ring is 1. The van der Waals surface area contributed by atoms with Crippen molar-refractivity contribution in [3.05, 3.63) is 52.7 Å². The normalized spacial score (nSPS) is 17.8. The molecule has 1 aliphatic carbocycles. The fourth-order valence-corrected chi connectivity index (χ4v) is 2.78. The molecule has 1 unspecified atom stereocenters. The van der Waals surface area contributed by atoms with Gasteiger partial charge in [0.15, 0.2) is 5.82 Å². The number of aryl methyl sites for hydroxylation is 1. The monoisotopic (exact) mass is 273 g/mol. The van der Waals surface area contributed by atoms with Crippen molar-refractivity contribution in [3.8, 4) is 0 Å². The molecule has 1 aliphatic rings. The smallest absolute Gasteiger partial charge is 0.151 e. The average Bonchev–Trinajstić information content (AvgIpc) is 2.43. The highest BCUT2D eigenvalue weighted by atomic mass is 35.5. The third kappa shape index (κ3) is 2.51. The van der Waals surface area contributed by atoms with Gasteiger partial charge in [-0.15, -0.1) is 0 Å². The Morgan fingerprint density at radius 3 is 2.95 bits per heavy atom. The van der Waals surface area contributed by atoms with Crippen LogP contribution in [0.2, 0.25) is 5.15 Å². The summed E-state index contributed by atoms with van der Waals surface area (Å²) < 4.78 is 0. The highest BCUT2D eigenvalue weighted by Crippen LogP contribution is 2.33. The standard InChI is InChI=1S/C15H16ClN3/c16-14-9-8-12(17)15(19-14)18-13-7-3-5-10-4-1-2-6-11(10)13/h1-2,4,6,8-9,13H,3,5,7,17H2,(H,18,19). The third-order valence-corrected chi connectivity index (χ3v) is 3.78. The molecular weight excluding hydrogens is 258 g/mol. The van der Waals surface area contributed by atoms with E-state index >= 15 is 0 Å². The highest BCUT2D eigenvalue weighted by Gasteiger charge is 2.20. The van der Waals surface area contributed by atoms with Gasteiger partial charge in [0.05, 0.1) is 11.7 Å². The molecule has 2 aromatic rings. The van der Waals surface area contributed by atoms with Gasteiger partial charge in [0.2, 0.25) is 0 Å². The number of anilines is 2. The molecule has 0 aliphatic heterocycles. The molecule has 1 heterocycles. The first-order valence-corrected chi connectivity index (χ1v) is 6.88. The summed E-state index contributed by atoms with van der Waals surface area (Å²) in [5.41, 5.74) is 9.33. The lowest BCUT2D eigenvalue weighted by atomic mass is 9.88. The molecule has 0 saturated heterocycles. The average molecular weight is 274 g/mol. The molecule has 19 heavy (non-hydrogen) atoms. The van der Waals surface area contributed by atoms with Gasteiger partial charge in [-0.25, -0.2) is 4.98 Å². The van der Waals surface area contributed by atoms with Crippen LogP contribution in [-0.2, 0) is 6.42 Å². The van der Waals surface area contributed by atoms with Crippen LogP contribution in [0.25, 0.3) is 0 Å². The Hall–Kier alpha value is -1.74. The van der Waals surface area contributed by atoms with Crippen LogP contribution < -0.4 is 11.1 Å². The van der Waals surface area contributed by atoms with Crippen LogP contribution in [0.1, 0.15) is 30.0 Å². The minimum atomic E-state index is 0.262. The van der Waals surface area contributed by atoms with Crippen LogP contribution >= 0.6 is 11.6 Å². The number of rotatable bonds is 2. The zero-order valence-corrected chi connectivity index (χ0v) is 11.3. The number of hydrogen-bond acceptors (Lipinski definition) is 3. The van der Waals surface area contributed by atoms with E-state index in [0.29, 0.717) is 16.7 Å². The van der Waals surface area contributed by atoms with Crippen molar-refractivity contribution in [3.63, 3.8) is 0 Å². The number of pyridine rings is 1. The maximum Gasteiger partial charge on any atom is 0.151 e. The van der Waals surface area contributed by atoms with E-state index in [9.17, 15) is 0 Å². The molecule has 0 saturated carbocycles. The van der Waals surface area contributed by atoms with Crippen LogP contribution in [0.3, 0.4) is 0 Å². The summed E-state index contributed by atoms with van der Waals surface area (Å²) in [7, 11) is 0. The van der Waals surface area contributed by atoms with Crippen LogP contribution in [0.4, 0.5) is 11.5 Å². The summed E-state index contributed by atoms with van der Waals surface area (Å²) in [6.07, 6.45) is 3.41. The quantitative estimate of drug-likeness (QED) is 0.818. The molecule has 3 nitrogen and oxygen atoms in total. The first kappa shape index (κ1) is 12.3. The van der Waals surface area contributed by atoms with E-state index in [1.54, 1.807) is 12.1 Å². The molecule has 4 heteroatoms. The van der Waals surface area contributed by atoms with Gasteiger partial charge >= 0.3 is 0 Å². The lowest BCUT2D eigenvalue weighted by molar-refractivity contribution is 0.599. The summed E-state index contributed by atoms with van der Waals surface area (Å²) in [5, 5.41) is 3.88. The second-order valence-corrected chi connectivity index (χ2v) is 5.25. The summed E-state index contributed by atoms with van der Waals surface area (Å²) in [6.45, 7) is 0. The molecule has 0 bridgehead atoms. The molecule has 0 radical (unpaired) electrons. The molecule has 0 amide bonds. The number of halogens is 1. The molecule has 3 N–H and O–H groups in total. The van der Waals surface area contributed by atoms with E-state index in [2.05, 4.69) is 34.6 Å². The first-order valence-electron chi connectivity index (χ1n) is 6.50. The summed E-state index contributed by atoms with van der Waals surface area (Å²) in [5.74, 6) is 0.675. The van der Waals surface area contributed by atoms with Crippen LogP contribution in [0, 0.1) is 0 Å². The highest BCUT2D eigenvalue weighted by molar-refractivity contribution is 6.29. The summed E-state index contributed by atoms with van der Waals surface area (Å²) in [6, 6.07) is 12.3. The van der Waals surface area contributed by atoms with Crippen LogP contribution in [-0.4, -0.2) is 4.98 Å². The molecule has 98 valence electrons. The van der Waals surface area contributed by atoms with Crippen LogP contribution in [0.5, 0.6) is 0 Å². The van der Waals surface area contributed by atoms with Gasteiger partial charge in [-0.2, -0.15) is 0 Å². The van der Waals surface area contributed by atoms with E-state index < -0.39 is 0 Å². The Morgan fingerprint density at radius 2 is 2.05 bits per heavy atom. The number of hydrogen-bond donors (Lipinski definition) is 2. The fraction of sp³-hybridized carbons (Fsp3) is 0.267. The lowest BCUT2D eigenvalue weighted by Crippen LogP contribution is -2.18. The van der Waals surface area contributed by atoms with Crippen molar-refractivity contribution >= 4 is 23.1 Å². The zero-order valence-electron chi connectivity index (χ0n) is 10.6. The van der Waals surface area contributed by atoms with Crippen molar-refractivity contribution in [2.45, 2.75) is 25.3 Å². The van der Waals surface area contributed by atoms with Crippen molar-refractivity contribution in [2.75, 3.05) is 11.1 Å². The number of nitrogens with one attached hydrogen (secondary N) is 1. The van der Waals surface area contributed by atoms with Gasteiger partial charge in [0.25, 0.3) is 0 Å². The van der Waals surface area contributed by atoms with Gasteiger partial charge < -0.3 is 11.1 Å². The molecular formula is C15H16ClN3. The number of fused-ring (bicyclic) bond motifs is 1. The summed E-state index contributed by atoms with van der Waals surface area (Å²) in [4.78, 5) is 4.27. The lowest BCUT2D eigenvalue weighted by Gasteiger charge is -2.27. The second kappa shape index (κ2) is 5.10. The maximum absolute atomic E-state index is 5.94. The molecule has 1 aromatic heterocycles. The minimum Gasteiger partial charge on any atom is -0.396 e. The Morgan fingerprint density at radius 1 is 1.21 bits per heavy atom. The Bertz CT molecular complexity index is 598. The fourth-order valence-electron chi connectivity index (χ4n) is 2.63. The molecule has 1 atom stereocenters. The van der Waals surface area contributed by atoms with Crippen molar-refractivity contribution in [2.24, 2.45) is 0 Å². The van der Waals surface area contributed by atoms with Crippen molar-refractivity contribution in [1.29, 1.82) is 0 Å². The van der Waals surface area contributed by atoms with Gasteiger partial charge in [0.1, 0.15) is 5.15 Å². The maximum atomic E-state index is 5.94. The van der Waals surface area contributed by atoms with Gasteiger partial charge in [-0.05, 0) is 42.5 Å². The number of nitrogens with two attached hydrogens (primary N) is 1. The van der Waals surface area contributed by atoms with Crippen LogP contribution in [0.15, 0.2) is 36.4 Å². The summed E-state index contributed by atoms with van der Waals surface area (Å²) >= 11 is 5.93. The van der Waals surface area contributed by atoms with E-state index in [1.165, 1.54) is 17.5 Å². The number of aromatic nitrogens is 1. The molecule has 3 rings (SSSR count). The third-order valence-electron chi connectivity index (χ3n) is 3.57. The molecule has 1 aromatic carbocycles. The minimum absolute atomic E-state index is 0.262. The number of nitrogens with zero attached hydrogens (tertiary/aromatic N) is 1. The predicted molar refractivity (Wildman–Crippen MR) is 79.4 cm³/mol. The SMILES string of the molecule is Nc1ccc(Cl)nc1NC1CCCc2ccccc21. The van der Waals surface area contributed by atoms with Crippen molar-refractivity contribution in [1.82, 2.24) is 4.98 Å². The Labute approximate surface area is 117 Å². The van der Waals surface area contributed by atoms with E-state index in [1.807, 2.05) is 0 Å². The van der Waals surface area contributed by atoms with Gasteiger partial charge in [-0.3, -0.25) is 0 Å². The second-order valence-electron chi connectivity index (χ2n) is 4.86. The Kier molecular flexibility index (Phi) is 3.30. The van der Waals surface area contributed by atoms with Gasteiger partial charge in [0, 0.05) is 0 Å². The molecule has 0 fully saturated rings. The topological polar surface area (TPSA) is 50.9 Å². The van der Waals surface area contributed by atoms with Gasteiger partial charge in [-0.1, -0.05) is 35.9 Å². The van der Waals surface area contributed by atoms with E-state index in [0.717, 1.165) is 12.8 Å². The molecule has 0 spiro atoms. The first-order chi connectivity index (χ1) is 9.24. The predicted octanol–water partition coefficient (Wildman–Crippen LogP) is 3.81. The largest absolute Gasteiger partial charge is 0.396 e. The van der Waals surface area contributed by atoms with Crippen molar-refractivity contribution < 1.29 is 0 Å². The van der Waals surface area contributed by atoms with E-state index in [4.69, 9.17) is 17.3 Å².